The number of likely N-dealkylation sites (tertiary alicyclic amines) is 1. The van der Waals surface area contributed by atoms with Gasteiger partial charge in [-0.1, -0.05) is 43.5 Å². The summed E-state index contributed by atoms with van der Waals surface area (Å²) >= 11 is 0. The number of benzene rings is 1. The third-order valence-electron chi connectivity index (χ3n) is 6.79. The number of aryl methyl sites for hydroxylation is 1. The molecule has 0 bridgehead atoms. The standard InChI is InChI=1S/C23H32N2O2/c26-22(21-12-6-10-17-7-4-5-11-20(17)21)24-19-13-15-25(16-14-19)23(27)18-8-2-1-3-9-18/h4-5,7,11,18-19,21H,1-3,6,8-10,12-16H2,(H,24,26)/t21-/m0/s1. The van der Waals surface area contributed by atoms with E-state index in [-0.39, 0.29) is 23.8 Å². The number of fused-ring (bicyclic) bond motifs is 1. The van der Waals surface area contributed by atoms with E-state index in [1.165, 1.54) is 30.4 Å². The zero-order valence-electron chi connectivity index (χ0n) is 16.3. The van der Waals surface area contributed by atoms with Crippen LogP contribution in [-0.4, -0.2) is 35.8 Å². The van der Waals surface area contributed by atoms with E-state index in [1.54, 1.807) is 0 Å². The lowest BCUT2D eigenvalue weighted by Crippen LogP contribution is -2.49. The Morgan fingerprint density at radius 2 is 1.63 bits per heavy atom. The lowest BCUT2D eigenvalue weighted by molar-refractivity contribution is -0.137. The van der Waals surface area contributed by atoms with Crippen molar-refractivity contribution in [2.45, 2.75) is 76.2 Å². The van der Waals surface area contributed by atoms with Gasteiger partial charge in [-0.3, -0.25) is 9.59 Å². The topological polar surface area (TPSA) is 49.4 Å². The van der Waals surface area contributed by atoms with E-state index in [1.807, 2.05) is 6.07 Å². The molecule has 0 spiro atoms. The van der Waals surface area contributed by atoms with Crippen LogP contribution >= 0.6 is 0 Å². The van der Waals surface area contributed by atoms with Crippen LogP contribution in [-0.2, 0) is 16.0 Å². The number of hydrogen-bond donors (Lipinski definition) is 1. The van der Waals surface area contributed by atoms with Crippen molar-refractivity contribution in [2.75, 3.05) is 13.1 Å². The molecule has 1 atom stereocenters. The number of hydrogen-bond acceptors (Lipinski definition) is 2. The van der Waals surface area contributed by atoms with Gasteiger partial charge in [-0.05, 0) is 56.1 Å². The van der Waals surface area contributed by atoms with Crippen molar-refractivity contribution in [3.63, 3.8) is 0 Å². The number of nitrogens with one attached hydrogen (secondary N) is 1. The zero-order valence-corrected chi connectivity index (χ0v) is 16.3. The van der Waals surface area contributed by atoms with E-state index in [0.29, 0.717) is 5.91 Å². The first kappa shape index (κ1) is 18.5. The second kappa shape index (κ2) is 8.45. The van der Waals surface area contributed by atoms with Gasteiger partial charge in [-0.25, -0.2) is 0 Å². The maximum atomic E-state index is 12.9. The van der Waals surface area contributed by atoms with Crippen LogP contribution in [0.5, 0.6) is 0 Å². The molecule has 0 aromatic heterocycles. The number of piperidine rings is 1. The maximum absolute atomic E-state index is 12.9. The summed E-state index contributed by atoms with van der Waals surface area (Å²) in [5.74, 6) is 0.792. The third-order valence-corrected chi connectivity index (χ3v) is 6.79. The molecule has 1 aromatic rings. The molecule has 1 heterocycles. The predicted octanol–water partition coefficient (Wildman–Crippen LogP) is 3.79. The van der Waals surface area contributed by atoms with Crippen molar-refractivity contribution < 1.29 is 9.59 Å². The summed E-state index contributed by atoms with van der Waals surface area (Å²) in [7, 11) is 0. The molecule has 3 aliphatic rings. The molecular weight excluding hydrogens is 336 g/mol. The van der Waals surface area contributed by atoms with Gasteiger partial charge in [0.2, 0.25) is 11.8 Å². The average molecular weight is 369 g/mol. The monoisotopic (exact) mass is 368 g/mol. The van der Waals surface area contributed by atoms with Crippen molar-refractivity contribution in [1.82, 2.24) is 10.2 Å². The number of carbonyl (C=O) groups excluding carboxylic acids is 2. The Hall–Kier alpha value is -1.84. The van der Waals surface area contributed by atoms with Crippen LogP contribution in [0.4, 0.5) is 0 Å². The van der Waals surface area contributed by atoms with Crippen molar-refractivity contribution in [2.24, 2.45) is 5.92 Å². The Morgan fingerprint density at radius 1 is 0.889 bits per heavy atom. The molecule has 4 rings (SSSR count). The minimum atomic E-state index is -0.00292. The van der Waals surface area contributed by atoms with Crippen LogP contribution in [0, 0.1) is 5.92 Å². The number of nitrogens with zero attached hydrogens (tertiary/aromatic N) is 1. The molecule has 1 saturated heterocycles. The van der Waals surface area contributed by atoms with Crippen molar-refractivity contribution in [3.05, 3.63) is 35.4 Å². The molecule has 2 fully saturated rings. The lowest BCUT2D eigenvalue weighted by Gasteiger charge is -2.36. The fraction of sp³-hybridized carbons (Fsp3) is 0.652. The number of carbonyl (C=O) groups is 2. The minimum Gasteiger partial charge on any atom is -0.353 e. The second-order valence-electron chi connectivity index (χ2n) is 8.59. The van der Waals surface area contributed by atoms with Crippen molar-refractivity contribution >= 4 is 11.8 Å². The highest BCUT2D eigenvalue weighted by molar-refractivity contribution is 5.84. The van der Waals surface area contributed by atoms with Crippen molar-refractivity contribution in [1.29, 1.82) is 0 Å². The Labute approximate surface area is 162 Å². The molecule has 1 aliphatic heterocycles. The minimum absolute atomic E-state index is 0.00292. The summed E-state index contributed by atoms with van der Waals surface area (Å²) in [6.45, 7) is 1.59. The van der Waals surface area contributed by atoms with Gasteiger partial charge in [0.25, 0.3) is 0 Å². The smallest absolute Gasteiger partial charge is 0.227 e. The highest BCUT2D eigenvalue weighted by Gasteiger charge is 2.31. The van der Waals surface area contributed by atoms with E-state index >= 15 is 0 Å². The molecule has 27 heavy (non-hydrogen) atoms. The third kappa shape index (κ3) is 4.20. The molecule has 2 aliphatic carbocycles. The molecule has 1 N–H and O–H groups in total. The summed E-state index contributed by atoms with van der Waals surface area (Å²) in [4.78, 5) is 27.7. The maximum Gasteiger partial charge on any atom is 0.227 e. The van der Waals surface area contributed by atoms with Gasteiger partial charge in [-0.2, -0.15) is 0 Å². The van der Waals surface area contributed by atoms with Crippen LogP contribution < -0.4 is 5.32 Å². The van der Waals surface area contributed by atoms with E-state index < -0.39 is 0 Å². The Balaban J connectivity index is 1.29. The van der Waals surface area contributed by atoms with E-state index in [2.05, 4.69) is 28.4 Å². The average Bonchev–Trinajstić information content (AvgIpc) is 2.74. The van der Waals surface area contributed by atoms with Crippen LogP contribution in [0.25, 0.3) is 0 Å². The molecule has 4 nitrogen and oxygen atoms in total. The first-order valence-electron chi connectivity index (χ1n) is 10.9. The summed E-state index contributed by atoms with van der Waals surface area (Å²) in [6, 6.07) is 8.59. The van der Waals surface area contributed by atoms with Crippen LogP contribution in [0.1, 0.15) is 74.8 Å². The normalized spacial score (nSPS) is 24.3. The molecule has 2 amide bonds. The van der Waals surface area contributed by atoms with Gasteiger partial charge in [0.15, 0.2) is 0 Å². The van der Waals surface area contributed by atoms with Crippen LogP contribution in [0.2, 0.25) is 0 Å². The molecule has 1 saturated carbocycles. The molecule has 0 unspecified atom stereocenters. The summed E-state index contributed by atoms with van der Waals surface area (Å²) in [5.41, 5.74) is 2.54. The van der Waals surface area contributed by atoms with Gasteiger partial charge in [0.05, 0.1) is 5.92 Å². The fourth-order valence-electron chi connectivity index (χ4n) is 5.18. The predicted molar refractivity (Wildman–Crippen MR) is 106 cm³/mol. The first-order chi connectivity index (χ1) is 13.2. The first-order valence-corrected chi connectivity index (χ1v) is 10.9. The van der Waals surface area contributed by atoms with Gasteiger partial charge in [0.1, 0.15) is 0 Å². The largest absolute Gasteiger partial charge is 0.353 e. The zero-order chi connectivity index (χ0) is 18.6. The summed E-state index contributed by atoms with van der Waals surface area (Å²) < 4.78 is 0. The van der Waals surface area contributed by atoms with E-state index in [0.717, 1.165) is 58.0 Å². The highest BCUT2D eigenvalue weighted by atomic mass is 16.2. The number of rotatable bonds is 3. The fourth-order valence-corrected chi connectivity index (χ4v) is 5.18. The SMILES string of the molecule is O=C(NC1CCN(C(=O)C2CCCCC2)CC1)[C@H]1CCCc2ccccc21. The molecule has 4 heteroatoms. The molecule has 1 aromatic carbocycles. The Kier molecular flexibility index (Phi) is 5.80. The van der Waals surface area contributed by atoms with Crippen LogP contribution in [0.3, 0.4) is 0 Å². The highest BCUT2D eigenvalue weighted by Crippen LogP contribution is 2.32. The number of amides is 2. The molecule has 0 radical (unpaired) electrons. The molecule has 146 valence electrons. The Morgan fingerprint density at radius 3 is 2.41 bits per heavy atom. The van der Waals surface area contributed by atoms with Gasteiger partial charge >= 0.3 is 0 Å². The van der Waals surface area contributed by atoms with E-state index in [4.69, 9.17) is 0 Å². The van der Waals surface area contributed by atoms with Crippen molar-refractivity contribution in [3.8, 4) is 0 Å². The van der Waals surface area contributed by atoms with Gasteiger partial charge in [-0.15, -0.1) is 0 Å². The Bertz CT molecular complexity index is 673. The van der Waals surface area contributed by atoms with E-state index in [9.17, 15) is 9.59 Å². The lowest BCUT2D eigenvalue weighted by atomic mass is 9.82. The van der Waals surface area contributed by atoms with Gasteiger partial charge < -0.3 is 10.2 Å². The van der Waals surface area contributed by atoms with Gasteiger partial charge in [0, 0.05) is 25.0 Å². The summed E-state index contributed by atoms with van der Waals surface area (Å²) in [6.07, 6.45) is 10.7. The second-order valence-corrected chi connectivity index (χ2v) is 8.59. The molecular formula is C23H32N2O2. The summed E-state index contributed by atoms with van der Waals surface area (Å²) in [5, 5.41) is 3.29. The quantitative estimate of drug-likeness (QED) is 0.882. The van der Waals surface area contributed by atoms with Crippen LogP contribution in [0.15, 0.2) is 24.3 Å².